The Morgan fingerprint density at radius 1 is 1.32 bits per heavy atom. The number of benzene rings is 1. The molecule has 1 amide bonds. The zero-order valence-electron chi connectivity index (χ0n) is 15.2. The van der Waals surface area contributed by atoms with E-state index in [0.717, 1.165) is 5.56 Å². The predicted molar refractivity (Wildman–Crippen MR) is 95.9 cm³/mol. The van der Waals surface area contributed by atoms with Gasteiger partial charge in [-0.25, -0.2) is 4.79 Å². The Bertz CT molecular complexity index is 612. The van der Waals surface area contributed by atoms with Crippen molar-refractivity contribution in [1.82, 2.24) is 5.32 Å². The number of aliphatic carboxylic acids is 1. The third kappa shape index (κ3) is 6.58. The minimum atomic E-state index is -1.17. The van der Waals surface area contributed by atoms with E-state index in [1.54, 1.807) is 6.92 Å². The first-order chi connectivity index (χ1) is 11.8. The van der Waals surface area contributed by atoms with Crippen LogP contribution < -0.4 is 10.1 Å². The summed E-state index contributed by atoms with van der Waals surface area (Å²) in [6, 6.07) is 4.53. The van der Waals surface area contributed by atoms with E-state index in [4.69, 9.17) is 14.6 Å². The molecule has 0 aliphatic heterocycles. The highest BCUT2D eigenvalue weighted by molar-refractivity contribution is 5.86. The molecule has 0 radical (unpaired) electrons. The lowest BCUT2D eigenvalue weighted by atomic mass is 9.98. The molecule has 0 saturated heterocycles. The van der Waals surface area contributed by atoms with Crippen molar-refractivity contribution in [1.29, 1.82) is 0 Å². The topological polar surface area (TPSA) is 84.9 Å². The second-order valence-electron chi connectivity index (χ2n) is 6.16. The summed E-state index contributed by atoms with van der Waals surface area (Å²) in [4.78, 5) is 23.4. The summed E-state index contributed by atoms with van der Waals surface area (Å²) in [5, 5.41) is 11.6. The molecule has 0 aliphatic rings. The van der Waals surface area contributed by atoms with Crippen LogP contribution in [0.5, 0.6) is 5.75 Å². The highest BCUT2D eigenvalue weighted by Gasteiger charge is 2.24. The van der Waals surface area contributed by atoms with Gasteiger partial charge < -0.3 is 19.9 Å². The van der Waals surface area contributed by atoms with Crippen LogP contribution in [-0.2, 0) is 14.3 Å². The standard InChI is InChI=1S/C19H27NO5/c1-6-9-24-11-17(19(22)23)20-18(21)14(5)25-15-7-8-16(12(2)3)13(4)10-15/h6-8,10,12,14,17H,1,9,11H2,2-5H3,(H,20,21)(H,22,23). The largest absolute Gasteiger partial charge is 0.481 e. The molecule has 0 bridgehead atoms. The second kappa shape index (κ2) is 9.84. The Labute approximate surface area is 148 Å². The zero-order valence-corrected chi connectivity index (χ0v) is 15.2. The summed E-state index contributed by atoms with van der Waals surface area (Å²) in [7, 11) is 0. The number of rotatable bonds is 10. The first kappa shape index (κ1) is 20.7. The smallest absolute Gasteiger partial charge is 0.328 e. The molecule has 2 N–H and O–H groups in total. The van der Waals surface area contributed by atoms with Crippen LogP contribution in [0.1, 0.15) is 37.8 Å². The van der Waals surface area contributed by atoms with Crippen LogP contribution in [0.15, 0.2) is 30.9 Å². The maximum absolute atomic E-state index is 12.2. The van der Waals surface area contributed by atoms with Gasteiger partial charge in [0.25, 0.3) is 5.91 Å². The third-order valence-electron chi connectivity index (χ3n) is 3.68. The van der Waals surface area contributed by atoms with Crippen LogP contribution in [0.25, 0.3) is 0 Å². The number of carboxylic acid groups (broad SMARTS) is 1. The molecule has 6 nitrogen and oxygen atoms in total. The summed E-state index contributed by atoms with van der Waals surface area (Å²) in [5.74, 6) is -0.706. The van der Waals surface area contributed by atoms with Gasteiger partial charge in [-0.05, 0) is 43.0 Å². The lowest BCUT2D eigenvalue weighted by Gasteiger charge is -2.19. The van der Waals surface area contributed by atoms with E-state index in [1.165, 1.54) is 11.6 Å². The number of aryl methyl sites for hydroxylation is 1. The number of nitrogens with one attached hydrogen (secondary N) is 1. The molecule has 138 valence electrons. The highest BCUT2D eigenvalue weighted by Crippen LogP contribution is 2.24. The molecule has 6 heteroatoms. The summed E-state index contributed by atoms with van der Waals surface area (Å²) in [6.45, 7) is 11.3. The molecule has 1 aromatic carbocycles. The summed E-state index contributed by atoms with van der Waals surface area (Å²) in [6.07, 6.45) is 0.681. The van der Waals surface area contributed by atoms with Gasteiger partial charge in [-0.1, -0.05) is 26.0 Å². The molecule has 0 aromatic heterocycles. The predicted octanol–water partition coefficient (Wildman–Crippen LogP) is 2.66. The summed E-state index contributed by atoms with van der Waals surface area (Å²) in [5.41, 5.74) is 2.30. The van der Waals surface area contributed by atoms with Crippen molar-refractivity contribution in [3.63, 3.8) is 0 Å². The van der Waals surface area contributed by atoms with Crippen molar-refractivity contribution >= 4 is 11.9 Å². The average Bonchev–Trinajstić information content (AvgIpc) is 2.53. The minimum absolute atomic E-state index is 0.137. The van der Waals surface area contributed by atoms with Gasteiger partial charge in [0.1, 0.15) is 5.75 Å². The van der Waals surface area contributed by atoms with Gasteiger partial charge >= 0.3 is 5.97 Å². The van der Waals surface area contributed by atoms with E-state index < -0.39 is 24.0 Å². The number of ether oxygens (including phenoxy) is 2. The minimum Gasteiger partial charge on any atom is -0.481 e. The molecule has 0 saturated carbocycles. The van der Waals surface area contributed by atoms with Crippen molar-refractivity contribution < 1.29 is 24.2 Å². The number of amides is 1. The van der Waals surface area contributed by atoms with E-state index >= 15 is 0 Å². The Kier molecular flexibility index (Phi) is 8.15. The summed E-state index contributed by atoms with van der Waals surface area (Å²) < 4.78 is 10.7. The Morgan fingerprint density at radius 2 is 2.00 bits per heavy atom. The van der Waals surface area contributed by atoms with Gasteiger partial charge in [0.2, 0.25) is 0 Å². The number of carbonyl (C=O) groups is 2. The Hall–Kier alpha value is -2.34. The van der Waals surface area contributed by atoms with Crippen molar-refractivity contribution in [2.75, 3.05) is 13.2 Å². The van der Waals surface area contributed by atoms with Gasteiger partial charge in [0, 0.05) is 0 Å². The van der Waals surface area contributed by atoms with Crippen LogP contribution in [-0.4, -0.2) is 42.3 Å². The van der Waals surface area contributed by atoms with E-state index in [9.17, 15) is 9.59 Å². The van der Waals surface area contributed by atoms with E-state index in [1.807, 2.05) is 25.1 Å². The van der Waals surface area contributed by atoms with Gasteiger partial charge in [0.05, 0.1) is 13.2 Å². The van der Waals surface area contributed by atoms with Crippen molar-refractivity contribution in [2.45, 2.75) is 45.8 Å². The number of carbonyl (C=O) groups excluding carboxylic acids is 1. The van der Waals surface area contributed by atoms with E-state index in [0.29, 0.717) is 11.7 Å². The highest BCUT2D eigenvalue weighted by atomic mass is 16.5. The first-order valence-corrected chi connectivity index (χ1v) is 8.25. The van der Waals surface area contributed by atoms with Gasteiger partial charge in [-0.2, -0.15) is 0 Å². The first-order valence-electron chi connectivity index (χ1n) is 8.25. The quantitative estimate of drug-likeness (QED) is 0.501. The monoisotopic (exact) mass is 349 g/mol. The molecule has 1 aromatic rings. The average molecular weight is 349 g/mol. The molecule has 0 aliphatic carbocycles. The zero-order chi connectivity index (χ0) is 19.0. The molecule has 2 atom stereocenters. The fraction of sp³-hybridized carbons (Fsp3) is 0.474. The molecule has 0 heterocycles. The van der Waals surface area contributed by atoms with Gasteiger partial charge in [-0.3, -0.25) is 4.79 Å². The van der Waals surface area contributed by atoms with Crippen LogP contribution in [0.3, 0.4) is 0 Å². The van der Waals surface area contributed by atoms with Crippen LogP contribution in [0, 0.1) is 6.92 Å². The maximum Gasteiger partial charge on any atom is 0.328 e. The van der Waals surface area contributed by atoms with Crippen molar-refractivity contribution in [3.8, 4) is 5.75 Å². The summed E-state index contributed by atoms with van der Waals surface area (Å²) >= 11 is 0. The Balaban J connectivity index is 2.67. The molecule has 0 fully saturated rings. The molecule has 0 spiro atoms. The van der Waals surface area contributed by atoms with E-state index in [-0.39, 0.29) is 13.2 Å². The maximum atomic E-state index is 12.2. The van der Waals surface area contributed by atoms with Gasteiger partial charge in [0.15, 0.2) is 12.1 Å². The molecular formula is C19H27NO5. The van der Waals surface area contributed by atoms with Crippen LogP contribution in [0.4, 0.5) is 0 Å². The second-order valence-corrected chi connectivity index (χ2v) is 6.16. The normalized spacial score (nSPS) is 13.2. The lowest BCUT2D eigenvalue weighted by Crippen LogP contribution is -2.48. The third-order valence-corrected chi connectivity index (χ3v) is 3.68. The van der Waals surface area contributed by atoms with Crippen molar-refractivity contribution in [2.24, 2.45) is 0 Å². The van der Waals surface area contributed by atoms with E-state index in [2.05, 4.69) is 25.7 Å². The Morgan fingerprint density at radius 3 is 2.52 bits per heavy atom. The fourth-order valence-corrected chi connectivity index (χ4v) is 2.36. The number of hydrogen-bond donors (Lipinski definition) is 2. The SMILES string of the molecule is C=CCOCC(NC(=O)C(C)Oc1ccc(C(C)C)c(C)c1)C(=O)O. The molecule has 25 heavy (non-hydrogen) atoms. The number of hydrogen-bond acceptors (Lipinski definition) is 4. The molecular weight excluding hydrogens is 322 g/mol. The molecule has 2 unspecified atom stereocenters. The van der Waals surface area contributed by atoms with Crippen LogP contribution in [0.2, 0.25) is 0 Å². The lowest BCUT2D eigenvalue weighted by molar-refractivity contribution is -0.144. The van der Waals surface area contributed by atoms with Gasteiger partial charge in [-0.15, -0.1) is 6.58 Å². The molecule has 1 rings (SSSR count). The van der Waals surface area contributed by atoms with Crippen LogP contribution >= 0.6 is 0 Å². The van der Waals surface area contributed by atoms with Crippen molar-refractivity contribution in [3.05, 3.63) is 42.0 Å². The fourth-order valence-electron chi connectivity index (χ4n) is 2.36. The number of carboxylic acids is 1.